The van der Waals surface area contributed by atoms with Gasteiger partial charge in [0, 0.05) is 29.9 Å². The fourth-order valence-corrected chi connectivity index (χ4v) is 2.97. The van der Waals surface area contributed by atoms with Gasteiger partial charge >= 0.3 is 0 Å². The maximum absolute atomic E-state index is 12.5. The molecule has 6 nitrogen and oxygen atoms in total. The van der Waals surface area contributed by atoms with E-state index in [0.717, 1.165) is 22.6 Å². The molecule has 26 heavy (non-hydrogen) atoms. The number of hydrogen-bond donors (Lipinski definition) is 1. The minimum atomic E-state index is -0.180. The molecule has 4 aromatic rings. The van der Waals surface area contributed by atoms with Gasteiger partial charge in [-0.2, -0.15) is 5.10 Å². The second kappa shape index (κ2) is 6.15. The number of rotatable bonds is 3. The largest absolute Gasteiger partial charge is 0.441 e. The minimum absolute atomic E-state index is 0.180. The summed E-state index contributed by atoms with van der Waals surface area (Å²) in [5.74, 6) is 0.420. The number of amides is 1. The normalized spacial score (nSPS) is 11.0. The third-order valence-electron chi connectivity index (χ3n) is 4.14. The van der Waals surface area contributed by atoms with Gasteiger partial charge in [-0.15, -0.1) is 0 Å². The van der Waals surface area contributed by atoms with Gasteiger partial charge in [-0.25, -0.2) is 9.67 Å². The zero-order valence-corrected chi connectivity index (χ0v) is 14.8. The fraction of sp³-hybridized carbons (Fsp3) is 0.150. The van der Waals surface area contributed by atoms with Gasteiger partial charge in [-0.1, -0.05) is 0 Å². The number of oxazole rings is 1. The predicted octanol–water partition coefficient (Wildman–Crippen LogP) is 4.19. The zero-order chi connectivity index (χ0) is 18.3. The highest BCUT2D eigenvalue weighted by Gasteiger charge is 2.10. The van der Waals surface area contributed by atoms with Crippen LogP contribution in [0.25, 0.3) is 16.8 Å². The second-order valence-corrected chi connectivity index (χ2v) is 6.26. The molecule has 0 atom stereocenters. The maximum Gasteiger partial charge on any atom is 0.255 e. The summed E-state index contributed by atoms with van der Waals surface area (Å²) in [6.07, 6.45) is 0. The lowest BCUT2D eigenvalue weighted by Gasteiger charge is -2.07. The van der Waals surface area contributed by atoms with E-state index in [1.807, 2.05) is 48.9 Å². The second-order valence-electron chi connectivity index (χ2n) is 6.26. The van der Waals surface area contributed by atoms with Crippen LogP contribution in [0, 0.1) is 20.8 Å². The van der Waals surface area contributed by atoms with Crippen LogP contribution in [-0.4, -0.2) is 20.7 Å². The fourth-order valence-electron chi connectivity index (χ4n) is 2.97. The van der Waals surface area contributed by atoms with Crippen molar-refractivity contribution in [3.05, 3.63) is 71.4 Å². The lowest BCUT2D eigenvalue weighted by atomic mass is 10.2. The Morgan fingerprint density at radius 1 is 1.04 bits per heavy atom. The molecule has 2 heterocycles. The smallest absolute Gasteiger partial charge is 0.255 e. The quantitative estimate of drug-likeness (QED) is 0.604. The van der Waals surface area contributed by atoms with Crippen molar-refractivity contribution < 1.29 is 9.21 Å². The summed E-state index contributed by atoms with van der Waals surface area (Å²) in [7, 11) is 0. The van der Waals surface area contributed by atoms with Gasteiger partial charge in [0.25, 0.3) is 5.91 Å². The van der Waals surface area contributed by atoms with Crippen LogP contribution in [0.2, 0.25) is 0 Å². The molecule has 0 saturated heterocycles. The minimum Gasteiger partial charge on any atom is -0.441 e. The number of benzene rings is 2. The van der Waals surface area contributed by atoms with Crippen molar-refractivity contribution >= 4 is 22.7 Å². The Bertz CT molecular complexity index is 1110. The molecule has 0 spiro atoms. The first-order valence-electron chi connectivity index (χ1n) is 8.32. The summed E-state index contributed by atoms with van der Waals surface area (Å²) in [4.78, 5) is 16.7. The summed E-state index contributed by atoms with van der Waals surface area (Å²) in [6.45, 7) is 5.75. The van der Waals surface area contributed by atoms with Crippen LogP contribution in [0.4, 0.5) is 5.69 Å². The van der Waals surface area contributed by atoms with E-state index in [9.17, 15) is 4.79 Å². The Morgan fingerprint density at radius 3 is 2.50 bits per heavy atom. The average Bonchev–Trinajstić information content (AvgIpc) is 3.15. The van der Waals surface area contributed by atoms with E-state index in [4.69, 9.17) is 4.42 Å². The first-order chi connectivity index (χ1) is 12.5. The molecule has 0 aliphatic rings. The van der Waals surface area contributed by atoms with Crippen molar-refractivity contribution in [2.75, 3.05) is 5.32 Å². The molecule has 2 aromatic carbocycles. The number of aryl methyl sites for hydroxylation is 3. The molecule has 0 aliphatic heterocycles. The van der Waals surface area contributed by atoms with E-state index in [0.29, 0.717) is 22.7 Å². The van der Waals surface area contributed by atoms with E-state index in [1.54, 1.807) is 25.1 Å². The Balaban J connectivity index is 1.54. The van der Waals surface area contributed by atoms with Crippen molar-refractivity contribution in [1.82, 2.24) is 14.8 Å². The number of nitrogens with one attached hydrogen (secondary N) is 1. The van der Waals surface area contributed by atoms with Gasteiger partial charge in [0.05, 0.1) is 11.4 Å². The lowest BCUT2D eigenvalue weighted by Crippen LogP contribution is -2.12. The van der Waals surface area contributed by atoms with Crippen LogP contribution < -0.4 is 5.32 Å². The topological polar surface area (TPSA) is 73.0 Å². The van der Waals surface area contributed by atoms with Gasteiger partial charge in [0.1, 0.15) is 5.52 Å². The van der Waals surface area contributed by atoms with Crippen molar-refractivity contribution in [2.24, 2.45) is 0 Å². The molecule has 0 fully saturated rings. The molecule has 6 heteroatoms. The average molecular weight is 346 g/mol. The Hall–Kier alpha value is -3.41. The van der Waals surface area contributed by atoms with Crippen molar-refractivity contribution in [1.29, 1.82) is 0 Å². The summed E-state index contributed by atoms with van der Waals surface area (Å²) in [5, 5.41) is 7.34. The van der Waals surface area contributed by atoms with Crippen LogP contribution in [-0.2, 0) is 0 Å². The maximum atomic E-state index is 12.5. The van der Waals surface area contributed by atoms with E-state index >= 15 is 0 Å². The summed E-state index contributed by atoms with van der Waals surface area (Å²) in [5.41, 5.74) is 5.60. The summed E-state index contributed by atoms with van der Waals surface area (Å²) < 4.78 is 7.36. The zero-order valence-electron chi connectivity index (χ0n) is 14.8. The third kappa shape index (κ3) is 2.97. The van der Waals surface area contributed by atoms with Crippen LogP contribution >= 0.6 is 0 Å². The first-order valence-corrected chi connectivity index (χ1v) is 8.32. The first kappa shape index (κ1) is 16.1. The molecule has 1 N–H and O–H groups in total. The predicted molar refractivity (Wildman–Crippen MR) is 99.7 cm³/mol. The molecule has 1 amide bonds. The van der Waals surface area contributed by atoms with Gasteiger partial charge < -0.3 is 9.73 Å². The highest BCUT2D eigenvalue weighted by atomic mass is 16.3. The highest BCUT2D eigenvalue weighted by Crippen LogP contribution is 2.21. The molecule has 0 saturated carbocycles. The van der Waals surface area contributed by atoms with Gasteiger partial charge in [0.2, 0.25) is 0 Å². The lowest BCUT2D eigenvalue weighted by molar-refractivity contribution is 0.102. The number of nitrogens with zero attached hydrogens (tertiary/aromatic N) is 3. The van der Waals surface area contributed by atoms with E-state index in [1.165, 1.54) is 0 Å². The number of anilines is 1. The number of aromatic nitrogens is 3. The number of fused-ring (bicyclic) bond motifs is 1. The molecule has 2 aromatic heterocycles. The van der Waals surface area contributed by atoms with Gasteiger partial charge in [0.15, 0.2) is 11.5 Å². The Kier molecular flexibility index (Phi) is 3.80. The SMILES string of the molecule is Cc1cc(C)n(-c2ccc(C(=O)Nc3ccc4nc(C)oc4c3)cc2)n1. The molecular weight excluding hydrogens is 328 g/mol. The molecule has 0 aliphatic carbocycles. The molecule has 4 rings (SSSR count). The Morgan fingerprint density at radius 2 is 1.81 bits per heavy atom. The van der Waals surface area contributed by atoms with Crippen LogP contribution in [0.5, 0.6) is 0 Å². The van der Waals surface area contributed by atoms with Gasteiger partial charge in [-0.05, 0) is 56.3 Å². The number of carbonyl (C=O) groups excluding carboxylic acids is 1. The molecule has 0 unspecified atom stereocenters. The van der Waals surface area contributed by atoms with Crippen LogP contribution in [0.15, 0.2) is 52.9 Å². The van der Waals surface area contributed by atoms with Gasteiger partial charge in [-0.3, -0.25) is 4.79 Å². The van der Waals surface area contributed by atoms with E-state index in [-0.39, 0.29) is 5.91 Å². The molecule has 130 valence electrons. The van der Waals surface area contributed by atoms with Crippen LogP contribution in [0.1, 0.15) is 27.6 Å². The summed E-state index contributed by atoms with van der Waals surface area (Å²) >= 11 is 0. The van der Waals surface area contributed by atoms with E-state index < -0.39 is 0 Å². The monoisotopic (exact) mass is 346 g/mol. The molecule has 0 bridgehead atoms. The van der Waals surface area contributed by atoms with Crippen LogP contribution in [0.3, 0.4) is 0 Å². The number of hydrogen-bond acceptors (Lipinski definition) is 4. The third-order valence-corrected chi connectivity index (χ3v) is 4.14. The highest BCUT2D eigenvalue weighted by molar-refractivity contribution is 6.05. The Labute approximate surface area is 150 Å². The number of carbonyl (C=O) groups is 1. The van der Waals surface area contributed by atoms with Crippen molar-refractivity contribution in [3.63, 3.8) is 0 Å². The van der Waals surface area contributed by atoms with E-state index in [2.05, 4.69) is 15.4 Å². The van der Waals surface area contributed by atoms with Crippen molar-refractivity contribution in [3.8, 4) is 5.69 Å². The molecule has 0 radical (unpaired) electrons. The standard InChI is InChI=1S/C20H18N4O2/c1-12-10-13(2)24(23-12)17-7-4-15(5-8-17)20(25)22-16-6-9-18-19(11-16)26-14(3)21-18/h4-11H,1-3H3,(H,22,25). The van der Waals surface area contributed by atoms with Crippen molar-refractivity contribution in [2.45, 2.75) is 20.8 Å². The molecular formula is C20H18N4O2. The summed E-state index contributed by atoms with van der Waals surface area (Å²) in [6, 6.07) is 14.8.